The van der Waals surface area contributed by atoms with Gasteiger partial charge < -0.3 is 39.4 Å². The molecule has 0 aliphatic heterocycles. The first-order valence-electron chi connectivity index (χ1n) is 8.29. The van der Waals surface area contributed by atoms with Gasteiger partial charge in [-0.3, -0.25) is 0 Å². The molecule has 152 valence electrons. The monoisotopic (exact) mass is 446 g/mol. The Bertz CT molecular complexity index is 108. The number of ether oxygens (including phenoxy) is 4. The van der Waals surface area contributed by atoms with E-state index in [2.05, 4.69) is 18.9 Å². The number of hydrogen-bond acceptors (Lipinski definition) is 8. The van der Waals surface area contributed by atoms with Crippen molar-refractivity contribution < 1.29 is 65.6 Å². The molecule has 0 atom stereocenters. The van der Waals surface area contributed by atoms with E-state index >= 15 is 0 Å². The van der Waals surface area contributed by atoms with Gasteiger partial charge in [0.05, 0.1) is 0 Å². The summed E-state index contributed by atoms with van der Waals surface area (Å²) in [5, 5.41) is 38.3. The maximum Gasteiger partial charge on any atom is 4.00 e. The minimum Gasteiger partial charge on any atom is -0.853 e. The van der Waals surface area contributed by atoms with E-state index < -0.39 is 0 Å². The van der Waals surface area contributed by atoms with Crippen molar-refractivity contribution in [3.63, 3.8) is 0 Å². The van der Waals surface area contributed by atoms with Crippen LogP contribution in [0.25, 0.3) is 0 Å². The summed E-state index contributed by atoms with van der Waals surface area (Å²) < 4.78 is 18.7. The molecule has 0 radical (unpaired) electrons. The number of hydrogen-bond donors (Lipinski definition) is 0. The third-order valence-corrected chi connectivity index (χ3v) is 1.73. The second-order valence-corrected chi connectivity index (χ2v) is 3.60. The van der Waals surface area contributed by atoms with Gasteiger partial charge in [0, 0.05) is 52.9 Å². The molecule has 25 heavy (non-hydrogen) atoms. The molecule has 0 rings (SSSR count). The first kappa shape index (κ1) is 36.5. The van der Waals surface area contributed by atoms with Crippen LogP contribution < -0.4 is 20.4 Å². The Morgan fingerprint density at radius 2 is 0.600 bits per heavy atom. The van der Waals surface area contributed by atoms with E-state index in [1.807, 2.05) is 27.7 Å². The summed E-state index contributed by atoms with van der Waals surface area (Å²) in [5.41, 5.74) is 0. The van der Waals surface area contributed by atoms with Crippen molar-refractivity contribution in [3.05, 3.63) is 0 Å². The fraction of sp³-hybridized carbons (Fsp3) is 1.00. The summed E-state index contributed by atoms with van der Waals surface area (Å²) >= 11 is 0. The zero-order chi connectivity index (χ0) is 19.3. The van der Waals surface area contributed by atoms with Crippen molar-refractivity contribution in [1.29, 1.82) is 0 Å². The topological polar surface area (TPSA) is 129 Å². The molecule has 0 amide bonds. The molecular formula is C16H36O8Zr. The van der Waals surface area contributed by atoms with Crippen LogP contribution in [-0.2, 0) is 45.2 Å². The van der Waals surface area contributed by atoms with E-state index in [1.165, 1.54) is 0 Å². The van der Waals surface area contributed by atoms with Gasteiger partial charge in [-0.1, -0.05) is 0 Å². The molecule has 0 saturated carbocycles. The molecular weight excluding hydrogens is 411 g/mol. The zero-order valence-corrected chi connectivity index (χ0v) is 18.7. The van der Waals surface area contributed by atoms with Gasteiger partial charge in [-0.05, 0) is 27.7 Å². The van der Waals surface area contributed by atoms with Crippen LogP contribution in [0.1, 0.15) is 27.7 Å². The molecule has 0 N–H and O–H groups in total. The SMILES string of the molecule is CCOCC[O-].CCOCC[O-].CCOCC[O-].CCOCC[O-].[Zr+4]. The van der Waals surface area contributed by atoms with Gasteiger partial charge in [-0.25, -0.2) is 0 Å². The molecule has 0 aromatic heterocycles. The van der Waals surface area contributed by atoms with Crippen LogP contribution in [0.15, 0.2) is 0 Å². The van der Waals surface area contributed by atoms with Gasteiger partial charge in [0.1, 0.15) is 0 Å². The molecule has 0 bridgehead atoms. The normalized spacial score (nSPS) is 8.64. The maximum atomic E-state index is 9.56. The standard InChI is InChI=1S/4C4H9O2.Zr/c4*1-2-6-4-3-5;/h4*2-4H2,1H3;/q4*-1;+4. The predicted molar refractivity (Wildman–Crippen MR) is 85.4 cm³/mol. The summed E-state index contributed by atoms with van der Waals surface area (Å²) in [5.74, 6) is 0. The summed E-state index contributed by atoms with van der Waals surface area (Å²) in [7, 11) is 0. The second kappa shape index (κ2) is 49.7. The summed E-state index contributed by atoms with van der Waals surface area (Å²) in [6.07, 6.45) is 0. The maximum absolute atomic E-state index is 9.56. The van der Waals surface area contributed by atoms with Gasteiger partial charge in [-0.2, -0.15) is 0 Å². The predicted octanol–water partition coefficient (Wildman–Crippen LogP) is -2.47. The smallest absolute Gasteiger partial charge is 0.853 e. The van der Waals surface area contributed by atoms with Crippen molar-refractivity contribution in [2.24, 2.45) is 0 Å². The van der Waals surface area contributed by atoms with E-state index in [4.69, 9.17) is 0 Å². The van der Waals surface area contributed by atoms with Crippen molar-refractivity contribution in [2.45, 2.75) is 27.7 Å². The summed E-state index contributed by atoms with van der Waals surface area (Å²) in [6.45, 7) is 11.1. The molecule has 8 nitrogen and oxygen atoms in total. The fourth-order valence-electron chi connectivity index (χ4n) is 0.813. The average Bonchev–Trinajstić information content (AvgIpc) is 2.62. The van der Waals surface area contributed by atoms with E-state index in [9.17, 15) is 20.4 Å². The summed E-state index contributed by atoms with van der Waals surface area (Å²) in [4.78, 5) is 0. The molecule has 0 aliphatic rings. The molecule has 0 aromatic rings. The second-order valence-electron chi connectivity index (χ2n) is 3.60. The van der Waals surface area contributed by atoms with Crippen LogP contribution in [0, 0.1) is 0 Å². The zero-order valence-electron chi connectivity index (χ0n) is 16.3. The van der Waals surface area contributed by atoms with Crippen molar-refractivity contribution >= 4 is 0 Å². The fourth-order valence-corrected chi connectivity index (χ4v) is 0.813. The Morgan fingerprint density at radius 1 is 0.440 bits per heavy atom. The Balaban J connectivity index is -0.0000000702. The van der Waals surface area contributed by atoms with Crippen LogP contribution in [-0.4, -0.2) is 79.3 Å². The first-order valence-corrected chi connectivity index (χ1v) is 8.29. The Labute approximate surface area is 172 Å². The van der Waals surface area contributed by atoms with Crippen molar-refractivity contribution in [2.75, 3.05) is 79.3 Å². The Kier molecular flexibility index (Phi) is 72.5. The van der Waals surface area contributed by atoms with Gasteiger partial charge in [0.25, 0.3) is 0 Å². The van der Waals surface area contributed by atoms with Crippen LogP contribution in [0.2, 0.25) is 0 Å². The van der Waals surface area contributed by atoms with Gasteiger partial charge in [0.15, 0.2) is 0 Å². The van der Waals surface area contributed by atoms with E-state index in [0.29, 0.717) is 52.9 Å². The first-order chi connectivity index (χ1) is 11.7. The van der Waals surface area contributed by atoms with Crippen LogP contribution in [0.5, 0.6) is 0 Å². The molecule has 0 aromatic carbocycles. The van der Waals surface area contributed by atoms with E-state index in [-0.39, 0.29) is 52.6 Å². The molecule has 0 saturated heterocycles. The third-order valence-electron chi connectivity index (χ3n) is 1.73. The molecule has 0 unspecified atom stereocenters. The van der Waals surface area contributed by atoms with Crippen LogP contribution in [0.3, 0.4) is 0 Å². The number of rotatable bonds is 12. The van der Waals surface area contributed by atoms with Crippen LogP contribution in [0.4, 0.5) is 0 Å². The van der Waals surface area contributed by atoms with Gasteiger partial charge in [-0.15, -0.1) is 26.4 Å². The Morgan fingerprint density at radius 3 is 0.640 bits per heavy atom. The van der Waals surface area contributed by atoms with Crippen LogP contribution >= 0.6 is 0 Å². The molecule has 0 spiro atoms. The minimum atomic E-state index is -0.117. The molecule has 0 fully saturated rings. The molecule has 0 heterocycles. The quantitative estimate of drug-likeness (QED) is 0.301. The van der Waals surface area contributed by atoms with Gasteiger partial charge in [0.2, 0.25) is 0 Å². The largest absolute Gasteiger partial charge is 4.00 e. The average molecular weight is 448 g/mol. The van der Waals surface area contributed by atoms with Crippen molar-refractivity contribution in [1.82, 2.24) is 0 Å². The van der Waals surface area contributed by atoms with Gasteiger partial charge >= 0.3 is 26.2 Å². The third kappa shape index (κ3) is 79.2. The Hall–Kier alpha value is 0.563. The van der Waals surface area contributed by atoms with E-state index in [1.54, 1.807) is 0 Å². The van der Waals surface area contributed by atoms with E-state index in [0.717, 1.165) is 0 Å². The summed E-state index contributed by atoms with van der Waals surface area (Å²) in [6, 6.07) is 0. The minimum absolute atomic E-state index is 0. The molecule has 0 aliphatic carbocycles. The van der Waals surface area contributed by atoms with Crippen molar-refractivity contribution in [3.8, 4) is 0 Å². The molecule has 9 heteroatoms.